The van der Waals surface area contributed by atoms with E-state index in [1.54, 1.807) is 18.2 Å². The van der Waals surface area contributed by atoms with Gasteiger partial charge in [-0.25, -0.2) is 13.4 Å². The lowest BCUT2D eigenvalue weighted by Crippen LogP contribution is -2.24. The van der Waals surface area contributed by atoms with Crippen molar-refractivity contribution in [3.8, 4) is 5.82 Å². The highest BCUT2D eigenvalue weighted by molar-refractivity contribution is 7.91. The molecule has 150 valence electrons. The molecule has 4 aromatic rings. The van der Waals surface area contributed by atoms with Crippen molar-refractivity contribution in [2.45, 2.75) is 18.1 Å². The maximum absolute atomic E-state index is 13.1. The predicted octanol–water partition coefficient (Wildman–Crippen LogP) is 2.85. The summed E-state index contributed by atoms with van der Waals surface area (Å²) in [4.78, 5) is 17.1. The minimum atomic E-state index is -4.63. The van der Waals surface area contributed by atoms with Gasteiger partial charge in [-0.3, -0.25) is 9.20 Å². The van der Waals surface area contributed by atoms with E-state index in [1.807, 2.05) is 0 Å². The van der Waals surface area contributed by atoms with Gasteiger partial charge in [-0.05, 0) is 24.3 Å². The minimum absolute atomic E-state index is 0.197. The van der Waals surface area contributed by atoms with E-state index in [0.29, 0.717) is 0 Å². The maximum atomic E-state index is 13.1. The Balaban J connectivity index is 2.08. The van der Waals surface area contributed by atoms with E-state index in [0.717, 1.165) is 22.9 Å². The summed E-state index contributed by atoms with van der Waals surface area (Å²) in [6, 6.07) is 7.50. The lowest BCUT2D eigenvalue weighted by molar-refractivity contribution is -0.137. The highest BCUT2D eigenvalue weighted by Gasteiger charge is 2.31. The van der Waals surface area contributed by atoms with Gasteiger partial charge in [-0.15, -0.1) is 0 Å². The number of sulfone groups is 1. The minimum Gasteiger partial charge on any atom is -0.289 e. The molecule has 29 heavy (non-hydrogen) atoms. The highest BCUT2D eigenvalue weighted by atomic mass is 32.2. The molecular formula is C18H13F3N4O3S. The molecule has 0 saturated carbocycles. The third-order valence-corrected chi connectivity index (χ3v) is 6.19. The molecule has 0 fully saturated rings. The average molecular weight is 422 g/mol. The Morgan fingerprint density at radius 3 is 2.59 bits per heavy atom. The Labute approximate surface area is 162 Å². The molecule has 1 aromatic carbocycles. The first-order valence-corrected chi connectivity index (χ1v) is 10.1. The highest BCUT2D eigenvalue weighted by Crippen LogP contribution is 2.30. The number of nitrogens with zero attached hydrogens (tertiary/aromatic N) is 4. The fourth-order valence-corrected chi connectivity index (χ4v) is 4.13. The van der Waals surface area contributed by atoms with Gasteiger partial charge >= 0.3 is 6.18 Å². The smallest absolute Gasteiger partial charge is 0.289 e. The molecule has 0 unspecified atom stereocenters. The van der Waals surface area contributed by atoms with Gasteiger partial charge in [0.2, 0.25) is 0 Å². The quantitative estimate of drug-likeness (QED) is 0.507. The number of hydrogen-bond acceptors (Lipinski definition) is 5. The van der Waals surface area contributed by atoms with E-state index in [-0.39, 0.29) is 33.0 Å². The van der Waals surface area contributed by atoms with Gasteiger partial charge in [0, 0.05) is 11.6 Å². The van der Waals surface area contributed by atoms with Crippen molar-refractivity contribution in [3.63, 3.8) is 0 Å². The van der Waals surface area contributed by atoms with E-state index in [9.17, 15) is 26.4 Å². The number of halogens is 3. The van der Waals surface area contributed by atoms with Crippen LogP contribution in [0.25, 0.3) is 22.2 Å². The van der Waals surface area contributed by atoms with Crippen molar-refractivity contribution in [3.05, 3.63) is 64.7 Å². The largest absolute Gasteiger partial charge is 0.416 e. The second-order valence-electron chi connectivity index (χ2n) is 6.23. The molecule has 3 heterocycles. The van der Waals surface area contributed by atoms with Crippen molar-refractivity contribution < 1.29 is 21.6 Å². The number of pyridine rings is 1. The van der Waals surface area contributed by atoms with Gasteiger partial charge in [0.05, 0.1) is 22.9 Å². The lowest BCUT2D eigenvalue weighted by atomic mass is 10.1. The monoisotopic (exact) mass is 422 g/mol. The van der Waals surface area contributed by atoms with Gasteiger partial charge in [0.25, 0.3) is 5.56 Å². The van der Waals surface area contributed by atoms with Crippen molar-refractivity contribution >= 4 is 26.3 Å². The molecule has 0 aliphatic rings. The van der Waals surface area contributed by atoms with E-state index in [1.165, 1.54) is 23.7 Å². The third-order valence-electron chi connectivity index (χ3n) is 4.46. The van der Waals surface area contributed by atoms with E-state index in [4.69, 9.17) is 0 Å². The number of alkyl halides is 3. The molecule has 0 aliphatic heterocycles. The predicted molar refractivity (Wildman–Crippen MR) is 98.8 cm³/mol. The van der Waals surface area contributed by atoms with Crippen LogP contribution in [0.15, 0.2) is 58.6 Å². The molecular weight excluding hydrogens is 409 g/mol. The van der Waals surface area contributed by atoms with Crippen LogP contribution in [0.5, 0.6) is 0 Å². The number of aromatic nitrogens is 4. The number of benzene rings is 1. The Hall–Kier alpha value is -3.21. The number of rotatable bonds is 3. The molecule has 0 atom stereocenters. The van der Waals surface area contributed by atoms with Crippen molar-refractivity contribution in [2.24, 2.45) is 0 Å². The summed E-state index contributed by atoms with van der Waals surface area (Å²) in [6.07, 6.45) is -1.96. The SMILES string of the molecule is CCS(=O)(=O)c1c(-n2ncc3ccc(C(F)(F)F)cc3c2=O)nc2ccccn12. The van der Waals surface area contributed by atoms with Crippen LogP contribution in [0.4, 0.5) is 13.2 Å². The Bertz CT molecular complexity index is 1420. The number of imidazole rings is 1. The first kappa shape index (κ1) is 19.1. The van der Waals surface area contributed by atoms with Crippen LogP contribution in [-0.2, 0) is 16.0 Å². The van der Waals surface area contributed by atoms with Crippen LogP contribution in [0.2, 0.25) is 0 Å². The number of hydrogen-bond donors (Lipinski definition) is 0. The fraction of sp³-hybridized carbons (Fsp3) is 0.167. The lowest BCUT2D eigenvalue weighted by Gasteiger charge is -2.09. The maximum Gasteiger partial charge on any atom is 0.416 e. The van der Waals surface area contributed by atoms with Crippen LogP contribution in [0.3, 0.4) is 0 Å². The summed E-state index contributed by atoms with van der Waals surface area (Å²) in [6.45, 7) is 1.44. The van der Waals surface area contributed by atoms with E-state index >= 15 is 0 Å². The Morgan fingerprint density at radius 2 is 1.90 bits per heavy atom. The molecule has 7 nitrogen and oxygen atoms in total. The Morgan fingerprint density at radius 1 is 1.14 bits per heavy atom. The molecule has 0 spiro atoms. The molecule has 3 aromatic heterocycles. The average Bonchev–Trinajstić information content (AvgIpc) is 3.07. The number of fused-ring (bicyclic) bond motifs is 2. The molecule has 0 aliphatic carbocycles. The fourth-order valence-electron chi connectivity index (χ4n) is 2.99. The topological polar surface area (TPSA) is 86.3 Å². The molecule has 0 N–H and O–H groups in total. The molecule has 0 radical (unpaired) electrons. The molecule has 0 bridgehead atoms. The summed E-state index contributed by atoms with van der Waals surface area (Å²) < 4.78 is 66.6. The second-order valence-corrected chi connectivity index (χ2v) is 8.43. The van der Waals surface area contributed by atoms with Crippen LogP contribution in [0.1, 0.15) is 12.5 Å². The van der Waals surface area contributed by atoms with Crippen molar-refractivity contribution in [1.29, 1.82) is 0 Å². The van der Waals surface area contributed by atoms with Crippen LogP contribution in [0, 0.1) is 0 Å². The summed E-state index contributed by atoms with van der Waals surface area (Å²) in [7, 11) is -3.84. The molecule has 4 rings (SSSR count). The van der Waals surface area contributed by atoms with Crippen LogP contribution < -0.4 is 5.56 Å². The first-order chi connectivity index (χ1) is 13.6. The third kappa shape index (κ3) is 3.07. The summed E-state index contributed by atoms with van der Waals surface area (Å²) in [5, 5.41) is 3.66. The molecule has 11 heteroatoms. The van der Waals surface area contributed by atoms with E-state index < -0.39 is 27.1 Å². The zero-order chi connectivity index (χ0) is 21.0. The second kappa shape index (κ2) is 6.41. The van der Waals surface area contributed by atoms with Crippen LogP contribution in [-0.4, -0.2) is 33.3 Å². The summed E-state index contributed by atoms with van der Waals surface area (Å²) >= 11 is 0. The summed E-state index contributed by atoms with van der Waals surface area (Å²) in [5.74, 6) is -0.522. The van der Waals surface area contributed by atoms with Gasteiger partial charge in [-0.1, -0.05) is 19.1 Å². The van der Waals surface area contributed by atoms with Crippen molar-refractivity contribution in [1.82, 2.24) is 19.2 Å². The standard InChI is InChI=1S/C18H13F3N4O3S/c1-2-29(27,28)17-15(23-14-5-3-4-8-24(14)17)25-16(26)13-9-12(18(19,20)21)7-6-11(13)10-22-25/h3-10H,2H2,1H3. The van der Waals surface area contributed by atoms with Crippen LogP contribution >= 0.6 is 0 Å². The zero-order valence-electron chi connectivity index (χ0n) is 14.9. The normalized spacial score (nSPS) is 12.7. The van der Waals surface area contributed by atoms with Gasteiger partial charge in [-0.2, -0.15) is 23.0 Å². The van der Waals surface area contributed by atoms with Gasteiger partial charge in [0.15, 0.2) is 20.7 Å². The van der Waals surface area contributed by atoms with E-state index in [2.05, 4.69) is 10.1 Å². The first-order valence-electron chi connectivity index (χ1n) is 8.43. The molecule has 0 amide bonds. The summed E-state index contributed by atoms with van der Waals surface area (Å²) in [5.41, 5.74) is -1.63. The molecule has 0 saturated heterocycles. The zero-order valence-corrected chi connectivity index (χ0v) is 15.7. The Kier molecular flexibility index (Phi) is 4.23. The van der Waals surface area contributed by atoms with Gasteiger partial charge < -0.3 is 0 Å². The van der Waals surface area contributed by atoms with Gasteiger partial charge in [0.1, 0.15) is 5.65 Å². The van der Waals surface area contributed by atoms with Crippen molar-refractivity contribution in [2.75, 3.05) is 5.75 Å².